The van der Waals surface area contributed by atoms with Crippen molar-refractivity contribution in [1.82, 2.24) is 5.32 Å². The zero-order valence-electron chi connectivity index (χ0n) is 11.6. The van der Waals surface area contributed by atoms with Crippen LogP contribution in [0.25, 0.3) is 0 Å². The molecule has 4 heteroatoms. The lowest BCUT2D eigenvalue weighted by molar-refractivity contribution is 0.366. The maximum absolute atomic E-state index is 14.1. The Bertz CT molecular complexity index is 425. The Hall–Kier alpha value is -0.610. The zero-order chi connectivity index (χ0) is 13.8. The van der Waals surface area contributed by atoms with Crippen LogP contribution < -0.4 is 10.2 Å². The van der Waals surface area contributed by atoms with E-state index in [9.17, 15) is 4.39 Å². The summed E-state index contributed by atoms with van der Waals surface area (Å²) in [5, 5.41) is 3.58. The van der Waals surface area contributed by atoms with Crippen LogP contribution in [0.15, 0.2) is 22.7 Å². The van der Waals surface area contributed by atoms with Gasteiger partial charge in [-0.25, -0.2) is 4.39 Å². The highest BCUT2D eigenvalue weighted by Crippen LogP contribution is 2.28. The van der Waals surface area contributed by atoms with E-state index in [1.807, 2.05) is 6.07 Å². The van der Waals surface area contributed by atoms with E-state index < -0.39 is 0 Å². The summed E-state index contributed by atoms with van der Waals surface area (Å²) < 4.78 is 15.0. The van der Waals surface area contributed by atoms with Crippen LogP contribution in [-0.2, 0) is 0 Å². The fourth-order valence-corrected chi connectivity index (χ4v) is 3.12. The molecule has 0 amide bonds. The Balaban J connectivity index is 2.24. The summed E-state index contributed by atoms with van der Waals surface area (Å²) in [5.74, 6) is -0.126. The van der Waals surface area contributed by atoms with Crippen LogP contribution in [0.3, 0.4) is 0 Å². The SMILES string of the molecule is CCCC1CN(c2cc(Br)ccc2F)C(CC)CN1. The van der Waals surface area contributed by atoms with Gasteiger partial charge in [0.05, 0.1) is 5.69 Å². The summed E-state index contributed by atoms with van der Waals surface area (Å²) in [6.07, 6.45) is 3.32. The van der Waals surface area contributed by atoms with E-state index in [-0.39, 0.29) is 5.82 Å². The smallest absolute Gasteiger partial charge is 0.146 e. The van der Waals surface area contributed by atoms with Gasteiger partial charge in [-0.1, -0.05) is 36.2 Å². The Kier molecular flexibility index (Phi) is 5.22. The molecule has 1 saturated heterocycles. The lowest BCUT2D eigenvalue weighted by Crippen LogP contribution is -2.56. The number of rotatable bonds is 4. The van der Waals surface area contributed by atoms with E-state index >= 15 is 0 Å². The van der Waals surface area contributed by atoms with Crippen molar-refractivity contribution in [3.63, 3.8) is 0 Å². The summed E-state index contributed by atoms with van der Waals surface area (Å²) in [4.78, 5) is 2.23. The maximum atomic E-state index is 14.1. The molecule has 2 rings (SSSR count). The molecule has 1 heterocycles. The van der Waals surface area contributed by atoms with Crippen molar-refractivity contribution in [3.05, 3.63) is 28.5 Å². The molecule has 0 radical (unpaired) electrons. The van der Waals surface area contributed by atoms with Gasteiger partial charge in [0.2, 0.25) is 0 Å². The summed E-state index contributed by atoms with van der Waals surface area (Å²) in [5.41, 5.74) is 0.726. The number of piperazine rings is 1. The minimum Gasteiger partial charge on any atom is -0.363 e. The van der Waals surface area contributed by atoms with Gasteiger partial charge in [-0.2, -0.15) is 0 Å². The predicted octanol–water partition coefficient (Wildman–Crippen LogP) is 3.95. The van der Waals surface area contributed by atoms with Crippen molar-refractivity contribution in [1.29, 1.82) is 0 Å². The number of halogens is 2. The van der Waals surface area contributed by atoms with E-state index in [1.165, 1.54) is 0 Å². The first-order valence-corrected chi connectivity index (χ1v) is 7.90. The predicted molar refractivity (Wildman–Crippen MR) is 82.2 cm³/mol. The Morgan fingerprint density at radius 1 is 1.42 bits per heavy atom. The second-order valence-corrected chi connectivity index (χ2v) is 6.12. The number of benzene rings is 1. The van der Waals surface area contributed by atoms with E-state index in [0.29, 0.717) is 12.1 Å². The number of hydrogen-bond donors (Lipinski definition) is 1. The third-order valence-electron chi connectivity index (χ3n) is 3.83. The van der Waals surface area contributed by atoms with Crippen LogP contribution in [0.4, 0.5) is 10.1 Å². The zero-order valence-corrected chi connectivity index (χ0v) is 13.2. The quantitative estimate of drug-likeness (QED) is 0.900. The molecule has 1 aromatic carbocycles. The first-order valence-electron chi connectivity index (χ1n) is 7.10. The van der Waals surface area contributed by atoms with Gasteiger partial charge in [-0.3, -0.25) is 0 Å². The molecule has 2 atom stereocenters. The van der Waals surface area contributed by atoms with Crippen LogP contribution in [0, 0.1) is 5.82 Å². The molecule has 19 heavy (non-hydrogen) atoms. The van der Waals surface area contributed by atoms with E-state index in [4.69, 9.17) is 0 Å². The largest absolute Gasteiger partial charge is 0.363 e. The van der Waals surface area contributed by atoms with Crippen molar-refractivity contribution in [2.75, 3.05) is 18.0 Å². The van der Waals surface area contributed by atoms with Gasteiger partial charge in [0.25, 0.3) is 0 Å². The number of anilines is 1. The third kappa shape index (κ3) is 3.48. The van der Waals surface area contributed by atoms with Gasteiger partial charge in [-0.05, 0) is 31.0 Å². The van der Waals surface area contributed by atoms with Crippen LogP contribution >= 0.6 is 15.9 Å². The average molecular weight is 329 g/mol. The summed E-state index contributed by atoms with van der Waals surface area (Å²) in [6.45, 7) is 6.18. The molecule has 1 fully saturated rings. The summed E-state index contributed by atoms with van der Waals surface area (Å²) >= 11 is 3.44. The monoisotopic (exact) mass is 328 g/mol. The van der Waals surface area contributed by atoms with Crippen LogP contribution in [0.2, 0.25) is 0 Å². The van der Waals surface area contributed by atoms with Crippen LogP contribution in [0.1, 0.15) is 33.1 Å². The highest BCUT2D eigenvalue weighted by molar-refractivity contribution is 9.10. The van der Waals surface area contributed by atoms with Gasteiger partial charge in [0, 0.05) is 29.6 Å². The molecular formula is C15H22BrFN2. The summed E-state index contributed by atoms with van der Waals surface area (Å²) in [6, 6.07) is 6.03. The lowest BCUT2D eigenvalue weighted by Gasteiger charge is -2.42. The third-order valence-corrected chi connectivity index (χ3v) is 4.32. The molecule has 2 nitrogen and oxygen atoms in total. The molecule has 0 aromatic heterocycles. The van der Waals surface area contributed by atoms with Gasteiger partial charge in [-0.15, -0.1) is 0 Å². The molecule has 0 aliphatic carbocycles. The van der Waals surface area contributed by atoms with Crippen molar-refractivity contribution in [2.45, 2.75) is 45.2 Å². The highest BCUT2D eigenvalue weighted by atomic mass is 79.9. The first kappa shape index (κ1) is 14.8. The van der Waals surface area contributed by atoms with E-state index in [2.05, 4.69) is 40.0 Å². The lowest BCUT2D eigenvalue weighted by atomic mass is 10.0. The van der Waals surface area contributed by atoms with Gasteiger partial charge in [0.1, 0.15) is 5.82 Å². The fourth-order valence-electron chi connectivity index (χ4n) is 2.77. The maximum Gasteiger partial charge on any atom is 0.146 e. The van der Waals surface area contributed by atoms with Crippen LogP contribution in [-0.4, -0.2) is 25.2 Å². The first-order chi connectivity index (χ1) is 9.15. The molecule has 1 aliphatic rings. The molecule has 106 valence electrons. The minimum atomic E-state index is -0.126. The number of hydrogen-bond acceptors (Lipinski definition) is 2. The average Bonchev–Trinajstić information content (AvgIpc) is 2.42. The topological polar surface area (TPSA) is 15.3 Å². The van der Waals surface area contributed by atoms with Crippen molar-refractivity contribution >= 4 is 21.6 Å². The molecule has 1 aliphatic heterocycles. The van der Waals surface area contributed by atoms with Crippen molar-refractivity contribution in [3.8, 4) is 0 Å². The molecule has 0 bridgehead atoms. The summed E-state index contributed by atoms with van der Waals surface area (Å²) in [7, 11) is 0. The minimum absolute atomic E-state index is 0.126. The van der Waals surface area contributed by atoms with E-state index in [1.54, 1.807) is 12.1 Å². The molecule has 2 unspecified atom stereocenters. The van der Waals surface area contributed by atoms with Gasteiger partial charge in [0.15, 0.2) is 0 Å². The second-order valence-electron chi connectivity index (χ2n) is 5.20. The molecular weight excluding hydrogens is 307 g/mol. The van der Waals surface area contributed by atoms with Crippen LogP contribution in [0.5, 0.6) is 0 Å². The second kappa shape index (κ2) is 6.71. The molecule has 0 saturated carbocycles. The number of nitrogens with zero attached hydrogens (tertiary/aromatic N) is 1. The highest BCUT2D eigenvalue weighted by Gasteiger charge is 2.28. The fraction of sp³-hybridized carbons (Fsp3) is 0.600. The van der Waals surface area contributed by atoms with Gasteiger partial charge >= 0.3 is 0 Å². The van der Waals surface area contributed by atoms with Gasteiger partial charge < -0.3 is 10.2 Å². The Morgan fingerprint density at radius 2 is 2.21 bits per heavy atom. The van der Waals surface area contributed by atoms with Crippen molar-refractivity contribution in [2.24, 2.45) is 0 Å². The Labute approximate surface area is 123 Å². The van der Waals surface area contributed by atoms with Crippen molar-refractivity contribution < 1.29 is 4.39 Å². The van der Waals surface area contributed by atoms with E-state index in [0.717, 1.165) is 42.5 Å². The normalized spacial score (nSPS) is 23.7. The molecule has 1 aromatic rings. The molecule has 0 spiro atoms. The molecule has 1 N–H and O–H groups in total. The number of nitrogens with one attached hydrogen (secondary N) is 1. The standard InChI is InChI=1S/C15H22BrFN2/c1-3-5-12-10-19(13(4-2)9-18-12)15-8-11(16)6-7-14(15)17/h6-8,12-13,18H,3-5,9-10H2,1-2H3. The Morgan fingerprint density at radius 3 is 2.89 bits per heavy atom.